The zero-order chi connectivity index (χ0) is 17.3. The van der Waals surface area contributed by atoms with Gasteiger partial charge in [0.05, 0.1) is 23.9 Å². The minimum Gasteiger partial charge on any atom is -0.496 e. The van der Waals surface area contributed by atoms with Crippen LogP contribution in [0.2, 0.25) is 10.0 Å². The van der Waals surface area contributed by atoms with E-state index < -0.39 is 0 Å². The monoisotopic (exact) mass is 382 g/mol. The highest BCUT2D eigenvalue weighted by atomic mass is 35.5. The largest absolute Gasteiger partial charge is 0.496 e. The van der Waals surface area contributed by atoms with Gasteiger partial charge in [-0.15, -0.1) is 0 Å². The SMILES string of the molecule is COc1cccc(OC)c1C(=O)Nc1nc2c(Cl)cc(Cl)cc2s1. The number of halogens is 2. The fourth-order valence-corrected chi connectivity index (χ4v) is 3.83. The first-order valence-corrected chi connectivity index (χ1v) is 8.38. The number of nitrogens with zero attached hydrogens (tertiary/aromatic N) is 1. The van der Waals surface area contributed by atoms with Crippen LogP contribution in [0.15, 0.2) is 30.3 Å². The van der Waals surface area contributed by atoms with E-state index >= 15 is 0 Å². The van der Waals surface area contributed by atoms with Gasteiger partial charge in [0.1, 0.15) is 22.6 Å². The van der Waals surface area contributed by atoms with E-state index in [0.29, 0.717) is 37.8 Å². The third-order valence-corrected chi connectivity index (χ3v) is 4.71. The van der Waals surface area contributed by atoms with Crippen LogP contribution in [0.5, 0.6) is 11.5 Å². The molecule has 0 bridgehead atoms. The number of carbonyl (C=O) groups is 1. The molecular formula is C16H12Cl2N2O3S. The van der Waals surface area contributed by atoms with Crippen LogP contribution in [0.4, 0.5) is 5.13 Å². The molecule has 0 saturated carbocycles. The molecule has 0 aliphatic heterocycles. The van der Waals surface area contributed by atoms with Crippen LogP contribution in [0.25, 0.3) is 10.2 Å². The normalized spacial score (nSPS) is 10.7. The molecule has 124 valence electrons. The standard InChI is InChI=1S/C16H12Cl2N2O3S/c1-22-10-4-3-5-11(23-2)13(10)15(21)20-16-19-14-9(18)6-8(17)7-12(14)24-16/h3-7H,1-2H3,(H,19,20,21). The average molecular weight is 383 g/mol. The molecule has 8 heteroatoms. The highest BCUT2D eigenvalue weighted by Gasteiger charge is 2.20. The summed E-state index contributed by atoms with van der Waals surface area (Å²) in [5.41, 5.74) is 0.888. The first-order chi connectivity index (χ1) is 11.5. The summed E-state index contributed by atoms with van der Waals surface area (Å²) in [7, 11) is 2.98. The molecule has 3 aromatic rings. The molecule has 0 unspecified atom stereocenters. The van der Waals surface area contributed by atoms with Crippen LogP contribution >= 0.6 is 34.5 Å². The smallest absolute Gasteiger partial charge is 0.265 e. The Morgan fingerprint density at radius 3 is 2.46 bits per heavy atom. The molecule has 0 atom stereocenters. The van der Waals surface area contributed by atoms with E-state index in [1.807, 2.05) is 0 Å². The quantitative estimate of drug-likeness (QED) is 0.698. The van der Waals surface area contributed by atoms with Crippen molar-refractivity contribution in [1.82, 2.24) is 4.98 Å². The lowest BCUT2D eigenvalue weighted by atomic mass is 10.1. The molecule has 0 spiro atoms. The Kier molecular flexibility index (Phi) is 4.80. The predicted octanol–water partition coefficient (Wildman–Crippen LogP) is 4.87. The van der Waals surface area contributed by atoms with E-state index in [9.17, 15) is 4.79 Å². The van der Waals surface area contributed by atoms with Crippen LogP contribution in [-0.4, -0.2) is 25.1 Å². The van der Waals surface area contributed by atoms with Crippen molar-refractivity contribution in [2.75, 3.05) is 19.5 Å². The molecule has 0 aliphatic rings. The molecule has 24 heavy (non-hydrogen) atoms. The number of methoxy groups -OCH3 is 2. The van der Waals surface area contributed by atoms with Gasteiger partial charge >= 0.3 is 0 Å². The van der Waals surface area contributed by atoms with E-state index in [1.165, 1.54) is 25.6 Å². The van der Waals surface area contributed by atoms with Crippen molar-refractivity contribution in [1.29, 1.82) is 0 Å². The number of benzene rings is 2. The van der Waals surface area contributed by atoms with Crippen molar-refractivity contribution >= 4 is 55.8 Å². The fraction of sp³-hybridized carbons (Fsp3) is 0.125. The van der Waals surface area contributed by atoms with Gasteiger partial charge in [-0.1, -0.05) is 40.6 Å². The number of hydrogen-bond donors (Lipinski definition) is 1. The van der Waals surface area contributed by atoms with Crippen molar-refractivity contribution in [3.8, 4) is 11.5 Å². The predicted molar refractivity (Wildman–Crippen MR) is 97.1 cm³/mol. The molecule has 2 aromatic carbocycles. The molecule has 3 rings (SSSR count). The van der Waals surface area contributed by atoms with Gasteiger partial charge in [0.15, 0.2) is 5.13 Å². The van der Waals surface area contributed by atoms with Crippen LogP contribution < -0.4 is 14.8 Å². The van der Waals surface area contributed by atoms with E-state index in [-0.39, 0.29) is 5.91 Å². The molecule has 1 aromatic heterocycles. The lowest BCUT2D eigenvalue weighted by Gasteiger charge is -2.11. The zero-order valence-electron chi connectivity index (χ0n) is 12.7. The Hall–Kier alpha value is -2.02. The first-order valence-electron chi connectivity index (χ1n) is 6.81. The topological polar surface area (TPSA) is 60.5 Å². The minimum atomic E-state index is -0.384. The summed E-state index contributed by atoms with van der Waals surface area (Å²) in [5, 5.41) is 4.11. The molecular weight excluding hydrogens is 371 g/mol. The molecule has 5 nitrogen and oxygen atoms in total. The number of ether oxygens (including phenoxy) is 2. The van der Waals surface area contributed by atoms with Crippen molar-refractivity contribution < 1.29 is 14.3 Å². The minimum absolute atomic E-state index is 0.297. The molecule has 0 aliphatic carbocycles. The fourth-order valence-electron chi connectivity index (χ4n) is 2.25. The van der Waals surface area contributed by atoms with Crippen LogP contribution in [-0.2, 0) is 0 Å². The number of rotatable bonds is 4. The van der Waals surface area contributed by atoms with Crippen LogP contribution in [0.1, 0.15) is 10.4 Å². The van der Waals surface area contributed by atoms with Gasteiger partial charge in [0.25, 0.3) is 5.91 Å². The maximum atomic E-state index is 12.6. The van der Waals surface area contributed by atoms with Crippen LogP contribution in [0.3, 0.4) is 0 Å². The Balaban J connectivity index is 1.97. The van der Waals surface area contributed by atoms with Crippen molar-refractivity contribution in [3.63, 3.8) is 0 Å². The third-order valence-electron chi connectivity index (χ3n) is 3.29. The Morgan fingerprint density at radius 1 is 1.17 bits per heavy atom. The Bertz CT molecular complexity index is 905. The van der Waals surface area contributed by atoms with E-state index in [1.54, 1.807) is 30.3 Å². The van der Waals surface area contributed by atoms with Gasteiger partial charge in [0, 0.05) is 5.02 Å². The van der Waals surface area contributed by atoms with Crippen molar-refractivity contribution in [2.24, 2.45) is 0 Å². The summed E-state index contributed by atoms with van der Waals surface area (Å²) in [6.07, 6.45) is 0. The van der Waals surface area contributed by atoms with E-state index in [4.69, 9.17) is 32.7 Å². The van der Waals surface area contributed by atoms with E-state index in [2.05, 4.69) is 10.3 Å². The van der Waals surface area contributed by atoms with Crippen molar-refractivity contribution in [3.05, 3.63) is 45.9 Å². The van der Waals surface area contributed by atoms with Crippen molar-refractivity contribution in [2.45, 2.75) is 0 Å². The maximum absolute atomic E-state index is 12.6. The second-order valence-corrected chi connectivity index (χ2v) is 6.62. The second-order valence-electron chi connectivity index (χ2n) is 4.75. The summed E-state index contributed by atoms with van der Waals surface area (Å²) in [4.78, 5) is 17.0. The Labute approximate surface area is 152 Å². The zero-order valence-corrected chi connectivity index (χ0v) is 15.1. The summed E-state index contributed by atoms with van der Waals surface area (Å²) < 4.78 is 11.3. The molecule has 0 saturated heterocycles. The number of thiazole rings is 1. The molecule has 0 fully saturated rings. The van der Waals surface area contributed by atoms with Gasteiger partial charge in [-0.3, -0.25) is 10.1 Å². The first kappa shape index (κ1) is 16.8. The van der Waals surface area contributed by atoms with Gasteiger partial charge in [-0.05, 0) is 24.3 Å². The van der Waals surface area contributed by atoms with Crippen LogP contribution in [0, 0.1) is 0 Å². The lowest BCUT2D eigenvalue weighted by Crippen LogP contribution is -2.14. The second kappa shape index (κ2) is 6.84. The summed E-state index contributed by atoms with van der Waals surface area (Å²) >= 11 is 13.4. The molecule has 1 N–H and O–H groups in total. The number of hydrogen-bond acceptors (Lipinski definition) is 5. The third kappa shape index (κ3) is 3.13. The molecule has 0 radical (unpaired) electrons. The molecule has 1 heterocycles. The number of nitrogens with one attached hydrogen (secondary N) is 1. The summed E-state index contributed by atoms with van der Waals surface area (Å²) in [6, 6.07) is 8.48. The summed E-state index contributed by atoms with van der Waals surface area (Å²) in [5.74, 6) is 0.439. The summed E-state index contributed by atoms with van der Waals surface area (Å²) in [6.45, 7) is 0. The van der Waals surface area contributed by atoms with Gasteiger partial charge in [-0.25, -0.2) is 4.98 Å². The van der Waals surface area contributed by atoms with Gasteiger partial charge in [0.2, 0.25) is 0 Å². The highest BCUT2D eigenvalue weighted by Crippen LogP contribution is 2.35. The number of carbonyl (C=O) groups excluding carboxylic acids is 1. The van der Waals surface area contributed by atoms with Gasteiger partial charge in [-0.2, -0.15) is 0 Å². The van der Waals surface area contributed by atoms with E-state index in [0.717, 1.165) is 4.70 Å². The van der Waals surface area contributed by atoms with Gasteiger partial charge < -0.3 is 9.47 Å². The number of anilines is 1. The maximum Gasteiger partial charge on any atom is 0.265 e. The molecule has 1 amide bonds. The number of amides is 1. The number of fused-ring (bicyclic) bond motifs is 1. The average Bonchev–Trinajstić information content (AvgIpc) is 2.96. The highest BCUT2D eigenvalue weighted by molar-refractivity contribution is 7.22. The lowest BCUT2D eigenvalue weighted by molar-refractivity contribution is 0.102. The Morgan fingerprint density at radius 2 is 1.83 bits per heavy atom. The number of aromatic nitrogens is 1.